The lowest BCUT2D eigenvalue weighted by molar-refractivity contribution is 0.634. The van der Waals surface area contributed by atoms with E-state index in [4.69, 9.17) is 0 Å². The minimum atomic E-state index is 0.375. The van der Waals surface area contributed by atoms with Gasteiger partial charge in [-0.1, -0.05) is 6.92 Å². The molecule has 0 spiro atoms. The molecule has 1 nitrogen and oxygen atoms in total. The van der Waals surface area contributed by atoms with E-state index in [1.807, 2.05) is 0 Å². The first-order chi connectivity index (χ1) is 3.63. The maximum Gasteiger partial charge on any atom is 0.0154 e. The van der Waals surface area contributed by atoms with E-state index in [1.54, 1.807) is 0 Å². The zero-order valence-electron chi connectivity index (χ0n) is 5.15. The van der Waals surface area contributed by atoms with Crippen LogP contribution in [-0.2, 0) is 0 Å². The number of rotatable bonds is 0. The number of hydrogen-bond donors (Lipinski definition) is 1. The summed E-state index contributed by atoms with van der Waals surface area (Å²) in [6.45, 7) is 4.54. The third-order valence-corrected chi connectivity index (χ3v) is 3.35. The van der Waals surface area contributed by atoms with Gasteiger partial charge in [-0.15, -0.1) is 18.5 Å². The summed E-state index contributed by atoms with van der Waals surface area (Å²) in [5, 5.41) is 3.32. The number of nitrogens with one attached hydrogen (secondary N) is 1. The lowest BCUT2D eigenvalue weighted by atomic mass is 10.1. The summed E-state index contributed by atoms with van der Waals surface area (Å²) in [7, 11) is 5.74. The molecule has 3 atom stereocenters. The van der Waals surface area contributed by atoms with Crippen molar-refractivity contribution in [2.24, 2.45) is 5.92 Å². The first-order valence-electron chi connectivity index (χ1n) is 2.91. The van der Waals surface area contributed by atoms with Crippen molar-refractivity contribution in [3.63, 3.8) is 0 Å². The zero-order valence-corrected chi connectivity index (χ0v) is 7.46. The van der Waals surface area contributed by atoms with Crippen molar-refractivity contribution in [2.45, 2.75) is 11.8 Å². The van der Waals surface area contributed by atoms with Gasteiger partial charge < -0.3 is 5.32 Å². The molecule has 0 amide bonds. The summed E-state index contributed by atoms with van der Waals surface area (Å²) >= 11 is 0. The Balaban J connectivity index is 2.54. The molecule has 8 heavy (non-hydrogen) atoms. The summed E-state index contributed by atoms with van der Waals surface area (Å²) in [6, 6.07) is 0. The van der Waals surface area contributed by atoms with Crippen LogP contribution in [0.3, 0.4) is 0 Å². The first kappa shape index (κ1) is 6.93. The molecule has 1 aliphatic rings. The molecule has 0 bridgehead atoms. The molecule has 0 aromatic heterocycles. The largest absolute Gasteiger partial charge is 0.315 e. The van der Waals surface area contributed by atoms with E-state index in [9.17, 15) is 0 Å². The first-order valence-corrected chi connectivity index (χ1v) is 4.07. The summed E-state index contributed by atoms with van der Waals surface area (Å²) in [4.78, 5) is 0.375. The average Bonchev–Trinajstić information content (AvgIpc) is 1.86. The second-order valence-corrected chi connectivity index (χ2v) is 5.46. The topological polar surface area (TPSA) is 12.0 Å². The summed E-state index contributed by atoms with van der Waals surface area (Å²) in [6.07, 6.45) is 0. The van der Waals surface area contributed by atoms with E-state index in [1.165, 1.54) is 0 Å². The Labute approximate surface area is 55.4 Å². The lowest BCUT2D eigenvalue weighted by Gasteiger charge is -2.20. The minimum absolute atomic E-state index is 0.375. The predicted molar refractivity (Wildman–Crippen MR) is 44.2 cm³/mol. The van der Waals surface area contributed by atoms with Crippen LogP contribution in [0.4, 0.5) is 0 Å². The average molecular weight is 149 g/mol. The van der Waals surface area contributed by atoms with Crippen molar-refractivity contribution in [1.29, 1.82) is 0 Å². The Bertz CT molecular complexity index is 92.4. The van der Waals surface area contributed by atoms with Crippen LogP contribution in [0, 0.1) is 5.92 Å². The highest BCUT2D eigenvalue weighted by Crippen LogP contribution is 2.37. The van der Waals surface area contributed by atoms with Crippen LogP contribution in [0.25, 0.3) is 0 Å². The fourth-order valence-corrected chi connectivity index (χ4v) is 1.39. The van der Waals surface area contributed by atoms with E-state index in [-0.39, 0.29) is 0 Å². The smallest absolute Gasteiger partial charge is 0.0154 e. The molecule has 1 aliphatic heterocycles. The molecule has 3 heteroatoms. The van der Waals surface area contributed by atoms with Crippen molar-refractivity contribution in [2.75, 3.05) is 13.1 Å². The second kappa shape index (κ2) is 2.21. The highest BCUT2D eigenvalue weighted by Gasteiger charge is 2.30. The molecule has 1 heterocycles. The second-order valence-electron chi connectivity index (χ2n) is 2.64. The maximum atomic E-state index is 3.32. The van der Waals surface area contributed by atoms with Gasteiger partial charge in [0, 0.05) is 11.4 Å². The van der Waals surface area contributed by atoms with Gasteiger partial charge in [0.15, 0.2) is 0 Å². The molecule has 0 aromatic carbocycles. The van der Waals surface area contributed by atoms with Gasteiger partial charge in [-0.05, 0) is 12.5 Å². The van der Waals surface area contributed by atoms with E-state index in [0.29, 0.717) is 4.90 Å². The van der Waals surface area contributed by atoms with Gasteiger partial charge in [0.05, 0.1) is 0 Å². The van der Waals surface area contributed by atoms with Crippen LogP contribution in [0.5, 0.6) is 0 Å². The van der Waals surface area contributed by atoms with Crippen LogP contribution in [0.2, 0.25) is 0 Å². The Kier molecular flexibility index (Phi) is 1.92. The molecule has 0 aliphatic carbocycles. The molecule has 48 valence electrons. The summed E-state index contributed by atoms with van der Waals surface area (Å²) < 4.78 is 0. The molecule has 1 rings (SSSR count). The highest BCUT2D eigenvalue weighted by atomic mass is 31.1. The minimum Gasteiger partial charge on any atom is -0.315 e. The Morgan fingerprint density at radius 1 is 1.62 bits per heavy atom. The monoisotopic (exact) mass is 149 g/mol. The maximum absolute atomic E-state index is 3.32. The van der Waals surface area contributed by atoms with Crippen LogP contribution in [-0.4, -0.2) is 18.0 Å². The van der Waals surface area contributed by atoms with E-state index in [2.05, 4.69) is 30.7 Å². The normalized spacial score (nSPS) is 35.6. The third kappa shape index (κ3) is 1.21. The van der Waals surface area contributed by atoms with Gasteiger partial charge in [-0.2, -0.15) is 0 Å². The van der Waals surface area contributed by atoms with E-state index >= 15 is 0 Å². The summed E-state index contributed by atoms with van der Waals surface area (Å²) in [5.74, 6) is 0.775. The lowest BCUT2D eigenvalue weighted by Crippen LogP contribution is -2.19. The molecule has 3 unspecified atom stereocenters. The molecule has 0 aromatic rings. The van der Waals surface area contributed by atoms with Gasteiger partial charge in [0.2, 0.25) is 0 Å². The van der Waals surface area contributed by atoms with Crippen molar-refractivity contribution in [3.8, 4) is 0 Å². The quantitative estimate of drug-likeness (QED) is 0.499. The fourth-order valence-electron chi connectivity index (χ4n) is 0.869. The third-order valence-electron chi connectivity index (χ3n) is 1.80. The van der Waals surface area contributed by atoms with Crippen molar-refractivity contribution >= 4 is 18.5 Å². The van der Waals surface area contributed by atoms with Crippen molar-refractivity contribution in [3.05, 3.63) is 0 Å². The van der Waals surface area contributed by atoms with Gasteiger partial charge in [0.1, 0.15) is 0 Å². The standard InChI is InChI=1S/C5H13NP2/c1-4-2-6-3-5(4,7)8/h4,6H,2-3,7-8H2,1H3. The Morgan fingerprint density at radius 2 is 2.25 bits per heavy atom. The molecular weight excluding hydrogens is 136 g/mol. The van der Waals surface area contributed by atoms with Gasteiger partial charge >= 0.3 is 0 Å². The zero-order chi connectivity index (χ0) is 6.20. The van der Waals surface area contributed by atoms with Crippen molar-refractivity contribution in [1.82, 2.24) is 5.32 Å². The van der Waals surface area contributed by atoms with Crippen LogP contribution in [0.15, 0.2) is 0 Å². The summed E-state index contributed by atoms with van der Waals surface area (Å²) in [5.41, 5.74) is 0. The fraction of sp³-hybridized carbons (Fsp3) is 1.00. The number of hydrogen-bond acceptors (Lipinski definition) is 1. The van der Waals surface area contributed by atoms with Gasteiger partial charge in [-0.3, -0.25) is 0 Å². The SMILES string of the molecule is CC1CNCC1(P)P. The van der Waals surface area contributed by atoms with Crippen LogP contribution < -0.4 is 5.32 Å². The van der Waals surface area contributed by atoms with E-state index in [0.717, 1.165) is 19.0 Å². The molecule has 1 fully saturated rings. The molecule has 1 N–H and O–H groups in total. The van der Waals surface area contributed by atoms with Gasteiger partial charge in [0.25, 0.3) is 0 Å². The van der Waals surface area contributed by atoms with Gasteiger partial charge in [-0.25, -0.2) is 0 Å². The molecule has 0 radical (unpaired) electrons. The van der Waals surface area contributed by atoms with E-state index < -0.39 is 0 Å². The molecular formula is C5H13NP2. The Morgan fingerprint density at radius 3 is 2.38 bits per heavy atom. The molecule has 1 saturated heterocycles. The predicted octanol–water partition coefficient (Wildman–Crippen LogP) is 0.672. The highest BCUT2D eigenvalue weighted by molar-refractivity contribution is 7.40. The van der Waals surface area contributed by atoms with Crippen LogP contribution >= 0.6 is 18.5 Å². The van der Waals surface area contributed by atoms with Crippen LogP contribution in [0.1, 0.15) is 6.92 Å². The van der Waals surface area contributed by atoms with Crippen molar-refractivity contribution < 1.29 is 0 Å². The Hall–Kier alpha value is 0.820. The molecule has 0 saturated carbocycles.